The van der Waals surface area contributed by atoms with Gasteiger partial charge < -0.3 is 9.88 Å². The van der Waals surface area contributed by atoms with Gasteiger partial charge in [-0.1, -0.05) is 11.6 Å². The average molecular weight is 373 g/mol. The molecule has 2 heterocycles. The molecular formula is C13H11Cl2N4OPS. The van der Waals surface area contributed by atoms with Crippen molar-refractivity contribution in [1.82, 2.24) is 15.0 Å². The fraction of sp³-hybridized carbons (Fsp3) is 0.154. The number of hydrogen-bond acceptors (Lipinski definition) is 6. The molecule has 1 aromatic carbocycles. The third-order valence-corrected chi connectivity index (χ3v) is 5.76. The molecule has 0 aliphatic rings. The van der Waals surface area contributed by atoms with Crippen LogP contribution < -0.4 is 10.6 Å². The van der Waals surface area contributed by atoms with Gasteiger partial charge in [-0.2, -0.15) is 4.98 Å². The van der Waals surface area contributed by atoms with Crippen LogP contribution in [0.25, 0.3) is 10.2 Å². The summed E-state index contributed by atoms with van der Waals surface area (Å²) in [5.41, 5.74) is 3.13. The number of hydrogen-bond donors (Lipinski definition) is 1. The van der Waals surface area contributed by atoms with Gasteiger partial charge in [0.1, 0.15) is 12.2 Å². The van der Waals surface area contributed by atoms with Crippen molar-refractivity contribution >= 4 is 68.7 Å². The summed E-state index contributed by atoms with van der Waals surface area (Å²) in [5, 5.41) is 4.19. The number of aromatic nitrogens is 3. The Balaban J connectivity index is 2.18. The van der Waals surface area contributed by atoms with E-state index in [0.717, 1.165) is 10.2 Å². The first kappa shape index (κ1) is 15.7. The molecule has 0 radical (unpaired) electrons. The summed E-state index contributed by atoms with van der Waals surface area (Å²) in [6.07, 6.45) is 1.41. The lowest BCUT2D eigenvalue weighted by atomic mass is 10.3. The molecule has 114 valence electrons. The van der Waals surface area contributed by atoms with E-state index in [0.29, 0.717) is 21.8 Å². The Morgan fingerprint density at radius 1 is 1.23 bits per heavy atom. The molecule has 0 aliphatic heterocycles. The summed E-state index contributed by atoms with van der Waals surface area (Å²) in [7, 11) is -2.57. The summed E-state index contributed by atoms with van der Waals surface area (Å²) in [5.74, 6) is 0.367. The van der Waals surface area contributed by atoms with Crippen LogP contribution >= 0.6 is 41.7 Å². The Labute approximate surface area is 141 Å². The predicted molar refractivity (Wildman–Crippen MR) is 94.0 cm³/mol. The maximum absolute atomic E-state index is 12.7. The lowest BCUT2D eigenvalue weighted by Gasteiger charge is -2.16. The van der Waals surface area contributed by atoms with E-state index in [-0.39, 0.29) is 5.28 Å². The monoisotopic (exact) mass is 372 g/mol. The van der Waals surface area contributed by atoms with E-state index in [4.69, 9.17) is 23.2 Å². The van der Waals surface area contributed by atoms with Gasteiger partial charge in [-0.25, -0.2) is 9.97 Å². The number of fused-ring (bicyclic) bond motifs is 1. The molecule has 1 N–H and O–H groups in total. The van der Waals surface area contributed by atoms with Gasteiger partial charge in [0.2, 0.25) is 5.28 Å². The Bertz CT molecular complexity index is 908. The van der Waals surface area contributed by atoms with Crippen molar-refractivity contribution in [2.45, 2.75) is 0 Å². The molecule has 0 bridgehead atoms. The molecule has 0 saturated heterocycles. The number of thiazole rings is 1. The van der Waals surface area contributed by atoms with Crippen LogP contribution in [-0.2, 0) is 4.57 Å². The minimum absolute atomic E-state index is 0.0827. The second kappa shape index (κ2) is 5.78. The number of halogens is 2. The summed E-state index contributed by atoms with van der Waals surface area (Å²) in [4.78, 5) is 12.2. The smallest absolute Gasteiger partial charge is 0.224 e. The summed E-state index contributed by atoms with van der Waals surface area (Å²) >= 11 is 13.4. The van der Waals surface area contributed by atoms with Crippen molar-refractivity contribution in [2.75, 3.05) is 18.6 Å². The van der Waals surface area contributed by atoms with E-state index < -0.39 is 7.14 Å². The van der Waals surface area contributed by atoms with Gasteiger partial charge in [0, 0.05) is 0 Å². The van der Waals surface area contributed by atoms with Gasteiger partial charge in [-0.05, 0) is 37.1 Å². The second-order valence-electron chi connectivity index (χ2n) is 4.97. The number of anilines is 2. The van der Waals surface area contributed by atoms with Gasteiger partial charge in [-0.3, -0.25) is 0 Å². The molecule has 0 fully saturated rings. The molecule has 0 unspecified atom stereocenters. The minimum atomic E-state index is -2.57. The van der Waals surface area contributed by atoms with Gasteiger partial charge in [0.25, 0.3) is 0 Å². The van der Waals surface area contributed by atoms with Crippen LogP contribution in [0.3, 0.4) is 0 Å². The third kappa shape index (κ3) is 2.97. The molecular weight excluding hydrogens is 362 g/mol. The van der Waals surface area contributed by atoms with Crippen molar-refractivity contribution in [3.63, 3.8) is 0 Å². The minimum Gasteiger partial charge on any atom is -0.338 e. The highest BCUT2D eigenvalue weighted by atomic mass is 35.5. The number of nitrogens with one attached hydrogen (secondary N) is 1. The van der Waals surface area contributed by atoms with E-state index in [1.54, 1.807) is 18.8 Å². The van der Waals surface area contributed by atoms with Crippen molar-refractivity contribution in [2.24, 2.45) is 0 Å². The highest BCUT2D eigenvalue weighted by molar-refractivity contribution is 7.71. The predicted octanol–water partition coefficient (Wildman–Crippen LogP) is 4.38. The van der Waals surface area contributed by atoms with Gasteiger partial charge >= 0.3 is 0 Å². The summed E-state index contributed by atoms with van der Waals surface area (Å²) in [6.45, 7) is 3.42. The van der Waals surface area contributed by atoms with Crippen LogP contribution in [0, 0.1) is 0 Å². The van der Waals surface area contributed by atoms with Crippen molar-refractivity contribution < 1.29 is 4.57 Å². The molecule has 0 aliphatic carbocycles. The maximum Gasteiger partial charge on any atom is 0.224 e. The van der Waals surface area contributed by atoms with Gasteiger partial charge in [-0.15, -0.1) is 11.3 Å². The molecule has 3 aromatic rings. The van der Waals surface area contributed by atoms with Gasteiger partial charge in [0.05, 0.1) is 32.9 Å². The highest BCUT2D eigenvalue weighted by Crippen LogP contribution is 2.42. The molecule has 0 spiro atoms. The zero-order chi connectivity index (χ0) is 15.9. The second-order valence-corrected chi connectivity index (χ2v) is 9.75. The first-order valence-corrected chi connectivity index (χ1v) is 10.5. The van der Waals surface area contributed by atoms with Crippen LogP contribution in [0.15, 0.2) is 23.8 Å². The zero-order valence-corrected chi connectivity index (χ0v) is 14.9. The number of benzene rings is 1. The van der Waals surface area contributed by atoms with Crippen LogP contribution in [0.1, 0.15) is 0 Å². The normalized spacial score (nSPS) is 11.8. The van der Waals surface area contributed by atoms with Crippen molar-refractivity contribution in [3.8, 4) is 0 Å². The molecule has 2 aromatic heterocycles. The van der Waals surface area contributed by atoms with Gasteiger partial charge in [0.15, 0.2) is 5.82 Å². The number of nitrogens with zero attached hydrogens (tertiary/aromatic N) is 3. The van der Waals surface area contributed by atoms with Crippen molar-refractivity contribution in [1.29, 1.82) is 0 Å². The molecule has 0 amide bonds. The maximum atomic E-state index is 12.7. The van der Waals surface area contributed by atoms with Crippen LogP contribution in [0.2, 0.25) is 10.3 Å². The van der Waals surface area contributed by atoms with E-state index in [1.165, 1.54) is 17.5 Å². The van der Waals surface area contributed by atoms with E-state index >= 15 is 0 Å². The Kier molecular flexibility index (Phi) is 4.12. The topological polar surface area (TPSA) is 67.8 Å². The zero-order valence-electron chi connectivity index (χ0n) is 11.7. The van der Waals surface area contributed by atoms with Crippen LogP contribution in [0.5, 0.6) is 0 Å². The molecule has 5 nitrogen and oxygen atoms in total. The fourth-order valence-electron chi connectivity index (χ4n) is 2.12. The lowest BCUT2D eigenvalue weighted by molar-refractivity contribution is 0.588. The SMILES string of the molecule is CP(C)(=O)c1c(Nc2nc(Cl)ncc2Cl)ccc2scnc12. The number of rotatable bonds is 3. The summed E-state index contributed by atoms with van der Waals surface area (Å²) < 4.78 is 13.7. The van der Waals surface area contributed by atoms with E-state index in [2.05, 4.69) is 20.3 Å². The first-order chi connectivity index (χ1) is 10.4. The largest absolute Gasteiger partial charge is 0.338 e. The Hall–Kier alpha value is -1.20. The van der Waals surface area contributed by atoms with Crippen molar-refractivity contribution in [3.05, 3.63) is 34.1 Å². The third-order valence-electron chi connectivity index (χ3n) is 2.98. The van der Waals surface area contributed by atoms with Crippen LogP contribution in [-0.4, -0.2) is 28.3 Å². The molecule has 3 rings (SSSR count). The molecule has 0 saturated carbocycles. The van der Waals surface area contributed by atoms with Crippen LogP contribution in [0.4, 0.5) is 11.5 Å². The highest BCUT2D eigenvalue weighted by Gasteiger charge is 2.22. The fourth-order valence-corrected chi connectivity index (χ4v) is 4.55. The summed E-state index contributed by atoms with van der Waals surface area (Å²) in [6, 6.07) is 3.77. The van der Waals surface area contributed by atoms with E-state index in [1.807, 2.05) is 12.1 Å². The molecule has 22 heavy (non-hydrogen) atoms. The Morgan fingerprint density at radius 3 is 2.73 bits per heavy atom. The molecule has 0 atom stereocenters. The van der Waals surface area contributed by atoms with E-state index in [9.17, 15) is 4.57 Å². The Morgan fingerprint density at radius 2 is 2.00 bits per heavy atom. The quantitative estimate of drug-likeness (QED) is 0.545. The standard InChI is InChI=1S/C13H11Cl2N4OPS/c1-21(2,20)11-8(3-4-9-10(11)17-6-22-9)18-12-7(14)5-16-13(15)19-12/h3-6H,1-2H3,(H,16,18,19). The lowest BCUT2D eigenvalue weighted by Crippen LogP contribution is -2.12. The first-order valence-electron chi connectivity index (χ1n) is 6.23. The average Bonchev–Trinajstić information content (AvgIpc) is 2.89. The molecule has 9 heteroatoms.